The molecule has 0 saturated heterocycles. The van der Waals surface area contributed by atoms with E-state index in [1.165, 1.54) is 0 Å². The molecule has 0 unspecified atom stereocenters. The molecule has 0 rings (SSSR count). The fraction of sp³-hybridized carbons (Fsp3) is 0. The van der Waals surface area contributed by atoms with Crippen LogP contribution in [0.3, 0.4) is 0 Å². The summed E-state index contributed by atoms with van der Waals surface area (Å²) in [7, 11) is -5.39. The molecule has 0 atom stereocenters. The number of hydrogen-bond acceptors (Lipinski definition) is 4. The first-order valence-corrected chi connectivity index (χ1v) is 2.19. The minimum Gasteiger partial charge on any atom is -0.822 e. The quantitative estimate of drug-likeness (QED) is 0.261. The van der Waals surface area contributed by atoms with Crippen LogP contribution in [0.5, 0.6) is 0 Å². The largest absolute Gasteiger partial charge is 2.00 e. The van der Waals surface area contributed by atoms with Gasteiger partial charge in [0, 0.05) is 0 Å². The molecule has 0 aliphatic heterocycles. The topological polar surface area (TPSA) is 86.2 Å². The molecule has 0 bridgehead atoms. The van der Waals surface area contributed by atoms with E-state index in [0.717, 1.165) is 0 Å². The minimum absolute atomic E-state index is 0. The van der Waals surface area contributed by atoms with Gasteiger partial charge in [0.15, 0.2) is 0 Å². The summed E-state index contributed by atoms with van der Waals surface area (Å²) < 4.78 is 8.55. The Kier molecular flexibility index (Phi) is 12.0. The Morgan fingerprint density at radius 2 is 1.14 bits per heavy atom. The molecule has 0 saturated carbocycles. The van der Waals surface area contributed by atoms with Crippen LogP contribution in [0.1, 0.15) is 0 Å². The maximum Gasteiger partial charge on any atom is 2.00 e. The first-order chi connectivity index (χ1) is 2.00. The zero-order valence-electron chi connectivity index (χ0n) is 3.40. The first kappa shape index (κ1) is 15.7. The van der Waals surface area contributed by atoms with Gasteiger partial charge in [-0.1, -0.05) is 0 Å². The van der Waals surface area contributed by atoms with Crippen LogP contribution in [0.15, 0.2) is 0 Å². The van der Waals surface area contributed by atoms with Crippen LogP contribution in [0.2, 0.25) is 0 Å². The maximum atomic E-state index is 8.55. The van der Waals surface area contributed by atoms with Crippen LogP contribution in [0.25, 0.3) is 0 Å². The van der Waals surface area contributed by atoms with Gasteiger partial charge in [-0.2, -0.15) is 7.82 Å². The normalized spacial score (nSPS) is 8.43. The Bertz CT molecular complexity index is 57.8. The second kappa shape index (κ2) is 5.34. The van der Waals surface area contributed by atoms with Crippen molar-refractivity contribution in [3.05, 3.63) is 0 Å². The van der Waals surface area contributed by atoms with Crippen molar-refractivity contribution in [1.82, 2.24) is 0 Å². The van der Waals surface area contributed by atoms with Gasteiger partial charge in [0.1, 0.15) is 0 Å². The average Bonchev–Trinajstić information content (AvgIpc) is 0.722. The summed E-state index contributed by atoms with van der Waals surface area (Å²) in [5.74, 6) is 0. The van der Waals surface area contributed by atoms with E-state index in [1.807, 2.05) is 0 Å². The van der Waals surface area contributed by atoms with Crippen LogP contribution in [0.4, 0.5) is 0 Å². The molecule has 0 aromatic rings. The van der Waals surface area contributed by atoms with Gasteiger partial charge in [0.05, 0.1) is 0 Å². The van der Waals surface area contributed by atoms with E-state index in [4.69, 9.17) is 19.2 Å². The summed E-state index contributed by atoms with van der Waals surface area (Å²) in [4.78, 5) is 25.6. The molecule has 40 valence electrons. The molecule has 0 spiro atoms. The van der Waals surface area contributed by atoms with Crippen molar-refractivity contribution in [2.75, 3.05) is 0 Å². The smallest absolute Gasteiger partial charge is 0.822 e. The van der Waals surface area contributed by atoms with Crippen LogP contribution in [-0.4, -0.2) is 0 Å². The van der Waals surface area contributed by atoms with Crippen molar-refractivity contribution in [2.24, 2.45) is 0 Å². The Morgan fingerprint density at radius 1 is 1.14 bits per heavy atom. The van der Waals surface area contributed by atoms with Crippen molar-refractivity contribution in [2.45, 2.75) is 0 Å². The van der Waals surface area contributed by atoms with E-state index < -0.39 is 7.82 Å². The van der Waals surface area contributed by atoms with E-state index in [-0.39, 0.29) is 35.4 Å². The number of hydrogen-bond donors (Lipinski definition) is 0. The Hall–Kier alpha value is 1.20. The SMILES string of the molecule is O=P([O-])([O-])[O-].[Li+].[Ni+2]. The standard InChI is InChI=1S/Li.Ni.H3O4P/c;;1-5(2,3)4/h;;(H3,1,2,3,4)/q+1;+2;/p-3. The molecule has 0 aromatic heterocycles. The van der Waals surface area contributed by atoms with Crippen LogP contribution < -0.4 is 33.5 Å². The molecular weight excluding hydrogens is 161 g/mol. The van der Waals surface area contributed by atoms with Crippen molar-refractivity contribution < 1.29 is 54.6 Å². The van der Waals surface area contributed by atoms with Gasteiger partial charge in [-0.3, -0.25) is 0 Å². The Morgan fingerprint density at radius 3 is 1.14 bits per heavy atom. The molecule has 0 amide bonds. The monoisotopic (exact) mass is 160 g/mol. The van der Waals surface area contributed by atoms with E-state index in [9.17, 15) is 0 Å². The molecule has 4 nitrogen and oxygen atoms in total. The molecule has 0 heterocycles. The molecule has 0 radical (unpaired) electrons. The first-order valence-electron chi connectivity index (χ1n) is 0.730. The molecule has 0 aliphatic rings. The van der Waals surface area contributed by atoms with E-state index in [1.54, 1.807) is 0 Å². The second-order valence-corrected chi connectivity index (χ2v) is 1.34. The maximum absolute atomic E-state index is 8.55. The molecule has 0 N–H and O–H groups in total. The average molecular weight is 161 g/mol. The predicted molar refractivity (Wildman–Crippen MR) is 7.61 cm³/mol. The fourth-order valence-electron chi connectivity index (χ4n) is 0. The van der Waals surface area contributed by atoms with Gasteiger partial charge in [-0.15, -0.1) is 0 Å². The third kappa shape index (κ3) is 135. The van der Waals surface area contributed by atoms with Crippen molar-refractivity contribution in [3.63, 3.8) is 0 Å². The Labute approximate surface area is 62.7 Å². The minimum atomic E-state index is -5.39. The van der Waals surface area contributed by atoms with Gasteiger partial charge >= 0.3 is 35.4 Å². The van der Waals surface area contributed by atoms with Gasteiger partial charge in [0.2, 0.25) is 0 Å². The molecular formula is LiNiO4P. The van der Waals surface area contributed by atoms with Gasteiger partial charge in [-0.05, 0) is 0 Å². The summed E-state index contributed by atoms with van der Waals surface area (Å²) in [6.07, 6.45) is 0. The third-order valence-corrected chi connectivity index (χ3v) is 0. The summed E-state index contributed by atoms with van der Waals surface area (Å²) in [6, 6.07) is 0. The van der Waals surface area contributed by atoms with Crippen molar-refractivity contribution in [3.8, 4) is 0 Å². The molecule has 0 aliphatic carbocycles. The van der Waals surface area contributed by atoms with E-state index in [0.29, 0.717) is 0 Å². The van der Waals surface area contributed by atoms with Crippen molar-refractivity contribution in [1.29, 1.82) is 0 Å². The summed E-state index contributed by atoms with van der Waals surface area (Å²) in [6.45, 7) is 0. The van der Waals surface area contributed by atoms with Gasteiger partial charge in [-0.25, -0.2) is 0 Å². The summed E-state index contributed by atoms with van der Waals surface area (Å²) in [5.41, 5.74) is 0. The number of rotatable bonds is 0. The molecule has 0 fully saturated rings. The fourth-order valence-corrected chi connectivity index (χ4v) is 0. The van der Waals surface area contributed by atoms with E-state index >= 15 is 0 Å². The van der Waals surface area contributed by atoms with Crippen molar-refractivity contribution >= 4 is 7.82 Å². The number of phosphoric acid groups is 1. The van der Waals surface area contributed by atoms with Crippen LogP contribution in [-0.2, 0) is 21.1 Å². The second-order valence-electron chi connectivity index (χ2n) is 0.447. The molecule has 7 heteroatoms. The zero-order chi connectivity index (χ0) is 4.50. The molecule has 7 heavy (non-hydrogen) atoms. The Balaban J connectivity index is -0.0000000800. The summed E-state index contributed by atoms with van der Waals surface area (Å²) in [5, 5.41) is 0. The van der Waals surface area contributed by atoms with E-state index in [2.05, 4.69) is 0 Å². The van der Waals surface area contributed by atoms with Crippen LogP contribution in [0, 0.1) is 0 Å². The third-order valence-electron chi connectivity index (χ3n) is 0. The van der Waals surface area contributed by atoms with Gasteiger partial charge in [0.25, 0.3) is 0 Å². The summed E-state index contributed by atoms with van der Waals surface area (Å²) >= 11 is 0. The zero-order valence-corrected chi connectivity index (χ0v) is 5.28. The molecule has 0 aromatic carbocycles. The predicted octanol–water partition coefficient (Wildman–Crippen LogP) is -5.82. The van der Waals surface area contributed by atoms with Crippen LogP contribution >= 0.6 is 7.82 Å². The van der Waals surface area contributed by atoms with Gasteiger partial charge < -0.3 is 19.2 Å².